The highest BCUT2D eigenvalue weighted by molar-refractivity contribution is 6.42. The lowest BCUT2D eigenvalue weighted by Gasteiger charge is -2.42. The van der Waals surface area contributed by atoms with E-state index in [1.807, 2.05) is 0 Å². The number of hydrogen-bond acceptors (Lipinski definition) is 1. The van der Waals surface area contributed by atoms with Gasteiger partial charge in [-0.25, -0.2) is 0 Å². The van der Waals surface area contributed by atoms with E-state index in [2.05, 4.69) is 11.6 Å². The van der Waals surface area contributed by atoms with E-state index in [4.69, 9.17) is 23.2 Å². The molecule has 37 heavy (non-hydrogen) atoms. The second-order valence-electron chi connectivity index (χ2n) is 6.95. The number of alkyl halides is 17. The van der Waals surface area contributed by atoms with Crippen LogP contribution in [-0.4, -0.2) is 52.7 Å². The van der Waals surface area contributed by atoms with Crippen molar-refractivity contribution in [1.29, 1.82) is 0 Å². The molecule has 0 aliphatic heterocycles. The minimum atomic E-state index is -8.65. The summed E-state index contributed by atoms with van der Waals surface area (Å²) in [5.41, 5.74) is -0.366. The Morgan fingerprint density at radius 1 is 0.622 bits per heavy atom. The third-order valence-electron chi connectivity index (χ3n) is 4.44. The zero-order valence-electron chi connectivity index (χ0n) is 16.5. The van der Waals surface area contributed by atoms with Gasteiger partial charge in [-0.1, -0.05) is 29.3 Å². The van der Waals surface area contributed by atoms with E-state index in [0.29, 0.717) is 0 Å². The molecule has 0 aliphatic carbocycles. The van der Waals surface area contributed by atoms with Gasteiger partial charge in [0.2, 0.25) is 0 Å². The highest BCUT2D eigenvalue weighted by atomic mass is 35.5. The van der Waals surface area contributed by atoms with Gasteiger partial charge in [0.15, 0.2) is 0 Å². The van der Waals surface area contributed by atoms with Crippen molar-refractivity contribution >= 4 is 40.7 Å². The van der Waals surface area contributed by atoms with Crippen molar-refractivity contribution < 1.29 is 75.0 Å². The number of halogens is 19. The van der Waals surface area contributed by atoms with Crippen LogP contribution in [0.15, 0.2) is 18.2 Å². The molecule has 0 saturated carbocycles. The van der Waals surface area contributed by atoms with Crippen LogP contribution in [0.25, 0.3) is 0 Å². The second kappa shape index (κ2) is 9.57. The zero-order valence-corrected chi connectivity index (χ0v) is 18.8. The van der Waals surface area contributed by atoms with Gasteiger partial charge in [-0.15, -0.1) is 0 Å². The molecule has 0 aromatic heterocycles. The molecular weight excluding hydrogens is 633 g/mol. The van der Waals surface area contributed by atoms with Gasteiger partial charge >= 0.3 is 46.8 Å². The molecule has 0 bridgehead atoms. The number of carbonyl (C=O) groups is 1. The molecule has 0 fully saturated rings. The lowest BCUT2D eigenvalue weighted by molar-refractivity contribution is -0.446. The van der Waals surface area contributed by atoms with Crippen molar-refractivity contribution in [2.75, 3.05) is 0 Å². The Balaban J connectivity index is 3.46. The van der Waals surface area contributed by atoms with Gasteiger partial charge in [0.05, 0.1) is 10.0 Å². The fourth-order valence-electron chi connectivity index (χ4n) is 2.25. The Kier molecular flexibility index (Phi) is 8.66. The lowest BCUT2D eigenvalue weighted by atomic mass is 9.89. The molecule has 0 spiro atoms. The molecule has 0 radical (unpaired) electrons. The largest absolute Gasteiger partial charge is 0.393 e. The number of nitrogens with one attached hydrogen (secondary N) is 1. The van der Waals surface area contributed by atoms with Crippen LogP contribution in [0.3, 0.4) is 0 Å². The molecule has 0 aliphatic rings. The standard InChI is InChI=1S/C16H6Cl3F16NO/c17-6-2-1-5(3-7(6)18)4-36-8(37)9(20,21)10(22,23)11(24,25)12(26,27)13(28,29)14(30,31)15(32,33)16(19,34)35/h1-3H,4H2,(H,36,37). The minimum absolute atomic E-state index is 0.175. The van der Waals surface area contributed by atoms with Crippen LogP contribution < -0.4 is 5.32 Å². The molecule has 1 amide bonds. The minimum Gasteiger partial charge on any atom is -0.347 e. The Morgan fingerprint density at radius 2 is 1.00 bits per heavy atom. The first-order valence-corrected chi connectivity index (χ1v) is 9.62. The van der Waals surface area contributed by atoms with E-state index in [9.17, 15) is 75.0 Å². The van der Waals surface area contributed by atoms with E-state index in [0.717, 1.165) is 23.5 Å². The first-order chi connectivity index (χ1) is 16.1. The molecule has 0 atom stereocenters. The van der Waals surface area contributed by atoms with Gasteiger partial charge in [0.25, 0.3) is 5.91 Å². The smallest absolute Gasteiger partial charge is 0.347 e. The van der Waals surface area contributed by atoms with Crippen LogP contribution in [0.5, 0.6) is 0 Å². The van der Waals surface area contributed by atoms with Crippen molar-refractivity contribution in [3.63, 3.8) is 0 Å². The number of amides is 1. The maximum Gasteiger partial charge on any atom is 0.393 e. The lowest BCUT2D eigenvalue weighted by Crippen LogP contribution is -2.75. The Morgan fingerprint density at radius 3 is 1.38 bits per heavy atom. The molecule has 0 unspecified atom stereocenters. The van der Waals surface area contributed by atoms with E-state index in [1.54, 1.807) is 0 Å². The van der Waals surface area contributed by atoms with Crippen molar-refractivity contribution in [2.45, 2.75) is 53.4 Å². The van der Waals surface area contributed by atoms with Crippen LogP contribution in [0.4, 0.5) is 70.2 Å². The number of rotatable bonds is 10. The first-order valence-electron chi connectivity index (χ1n) is 8.49. The van der Waals surface area contributed by atoms with Gasteiger partial charge < -0.3 is 5.32 Å². The fourth-order valence-corrected chi connectivity index (χ4v) is 2.69. The summed E-state index contributed by atoms with van der Waals surface area (Å²) in [6, 6.07) is 2.61. The van der Waals surface area contributed by atoms with Crippen LogP contribution >= 0.6 is 34.8 Å². The summed E-state index contributed by atoms with van der Waals surface area (Å²) >= 11 is 14.4. The van der Waals surface area contributed by atoms with Gasteiger partial charge in [0.1, 0.15) is 0 Å². The van der Waals surface area contributed by atoms with Crippen molar-refractivity contribution in [3.05, 3.63) is 33.8 Å². The van der Waals surface area contributed by atoms with E-state index in [1.165, 1.54) is 0 Å². The predicted molar refractivity (Wildman–Crippen MR) is 93.7 cm³/mol. The molecule has 0 saturated heterocycles. The molecule has 21 heteroatoms. The fraction of sp³-hybridized carbons (Fsp3) is 0.562. The zero-order chi connectivity index (χ0) is 29.8. The van der Waals surface area contributed by atoms with Crippen molar-refractivity contribution in [1.82, 2.24) is 5.32 Å². The van der Waals surface area contributed by atoms with Crippen LogP contribution in [-0.2, 0) is 11.3 Å². The molecule has 1 aromatic rings. The highest BCUT2D eigenvalue weighted by Gasteiger charge is 2.95. The van der Waals surface area contributed by atoms with E-state index < -0.39 is 59.3 Å². The van der Waals surface area contributed by atoms with Gasteiger partial charge in [0, 0.05) is 6.54 Å². The molecule has 0 heterocycles. The average molecular weight is 639 g/mol. The predicted octanol–water partition coefficient (Wildman–Crippen LogP) is 7.89. The Hall–Kier alpha value is -1.56. The summed E-state index contributed by atoms with van der Waals surface area (Å²) in [6.45, 7) is -1.30. The molecule has 1 N–H and O–H groups in total. The number of carbonyl (C=O) groups excluding carboxylic acids is 1. The van der Waals surface area contributed by atoms with Crippen molar-refractivity contribution in [3.8, 4) is 0 Å². The Bertz CT molecular complexity index is 1020. The third-order valence-corrected chi connectivity index (χ3v) is 5.42. The van der Waals surface area contributed by atoms with Gasteiger partial charge in [-0.05, 0) is 29.3 Å². The third kappa shape index (κ3) is 4.96. The molecule has 214 valence electrons. The normalized spacial score (nSPS) is 15.1. The maximum absolute atomic E-state index is 13.8. The van der Waals surface area contributed by atoms with E-state index >= 15 is 0 Å². The van der Waals surface area contributed by atoms with Crippen LogP contribution in [0.1, 0.15) is 5.56 Å². The summed E-state index contributed by atoms with van der Waals surface area (Å²) in [7, 11) is 0. The molecule has 1 rings (SSSR count). The SMILES string of the molecule is O=C(NCc1ccc(Cl)c(Cl)c1)C(F)(F)C(F)(F)C(F)(F)C(F)(F)C(F)(F)C(F)(F)C(F)(F)C(F)(F)Cl. The summed E-state index contributed by atoms with van der Waals surface area (Å²) in [6.07, 6.45) is 0. The quantitative estimate of drug-likeness (QED) is 0.205. The average Bonchev–Trinajstić information content (AvgIpc) is 2.72. The van der Waals surface area contributed by atoms with Crippen molar-refractivity contribution in [2.24, 2.45) is 0 Å². The maximum atomic E-state index is 13.8. The summed E-state index contributed by atoms with van der Waals surface area (Å²) in [5, 5.41) is -6.57. The topological polar surface area (TPSA) is 29.1 Å². The summed E-state index contributed by atoms with van der Waals surface area (Å²) in [5.74, 6) is -60.7. The van der Waals surface area contributed by atoms with Gasteiger partial charge in [-0.2, -0.15) is 70.2 Å². The monoisotopic (exact) mass is 637 g/mol. The van der Waals surface area contributed by atoms with Crippen LogP contribution in [0.2, 0.25) is 10.0 Å². The molecule has 2 nitrogen and oxygen atoms in total. The summed E-state index contributed by atoms with van der Waals surface area (Å²) < 4.78 is 215. The highest BCUT2D eigenvalue weighted by Crippen LogP contribution is 2.64. The van der Waals surface area contributed by atoms with E-state index in [-0.39, 0.29) is 15.6 Å². The Labute approximate surface area is 208 Å². The summed E-state index contributed by atoms with van der Waals surface area (Å²) in [4.78, 5) is 11.4. The van der Waals surface area contributed by atoms with Gasteiger partial charge in [-0.3, -0.25) is 4.79 Å². The van der Waals surface area contributed by atoms with Crippen LogP contribution in [0, 0.1) is 0 Å². The number of benzene rings is 1. The molecular formula is C16H6Cl3F16NO. The molecule has 1 aromatic carbocycles. The number of hydrogen-bond donors (Lipinski definition) is 1. The first kappa shape index (κ1) is 33.5. The second-order valence-corrected chi connectivity index (χ2v) is 8.24.